The van der Waals surface area contributed by atoms with Gasteiger partial charge in [0.25, 0.3) is 5.91 Å². The van der Waals surface area contributed by atoms with Crippen molar-refractivity contribution in [3.8, 4) is 5.75 Å². The van der Waals surface area contributed by atoms with Crippen LogP contribution in [-0.2, 0) is 0 Å². The fraction of sp³-hybridized carbons (Fsp3) is 0.381. The monoisotopic (exact) mass is 338 g/mol. The third-order valence-corrected chi connectivity index (χ3v) is 4.60. The predicted molar refractivity (Wildman–Crippen MR) is 103 cm³/mol. The van der Waals surface area contributed by atoms with Gasteiger partial charge in [0.1, 0.15) is 5.75 Å². The van der Waals surface area contributed by atoms with Gasteiger partial charge >= 0.3 is 0 Å². The van der Waals surface area contributed by atoms with Crippen LogP contribution in [0.5, 0.6) is 5.75 Å². The molecular formula is C21H26N2O2. The average molecular weight is 338 g/mol. The van der Waals surface area contributed by atoms with Crippen molar-refractivity contribution in [1.29, 1.82) is 0 Å². The fourth-order valence-corrected chi connectivity index (χ4v) is 2.96. The molecule has 1 fully saturated rings. The Bertz CT molecular complexity index is 706. The maximum absolute atomic E-state index is 12.5. The Balaban J connectivity index is 1.64. The molecule has 4 heteroatoms. The lowest BCUT2D eigenvalue weighted by Gasteiger charge is -2.18. The summed E-state index contributed by atoms with van der Waals surface area (Å²) in [5, 5.41) is 2.99. The van der Waals surface area contributed by atoms with Crippen molar-refractivity contribution in [3.63, 3.8) is 0 Å². The number of carbonyl (C=O) groups is 1. The molecule has 0 spiro atoms. The highest BCUT2D eigenvalue weighted by Gasteiger charge is 2.13. The van der Waals surface area contributed by atoms with Crippen molar-refractivity contribution in [2.45, 2.75) is 39.2 Å². The number of rotatable bonds is 6. The van der Waals surface area contributed by atoms with Crippen LogP contribution in [0.1, 0.15) is 43.5 Å². The van der Waals surface area contributed by atoms with Crippen LogP contribution in [0.15, 0.2) is 48.5 Å². The molecule has 25 heavy (non-hydrogen) atoms. The van der Waals surface area contributed by atoms with E-state index in [4.69, 9.17) is 4.74 Å². The van der Waals surface area contributed by atoms with E-state index >= 15 is 0 Å². The summed E-state index contributed by atoms with van der Waals surface area (Å²) in [6.07, 6.45) is 3.60. The standard InChI is InChI=1S/C21H26N2O2/c1-3-16(2)25-20-11-9-17(10-12-20)21(24)22-18-7-6-8-19(15-18)23-13-4-5-14-23/h6-12,15-16H,3-5,13-14H2,1-2H3,(H,22,24). The van der Waals surface area contributed by atoms with E-state index in [1.807, 2.05) is 37.3 Å². The normalized spacial score (nSPS) is 15.0. The number of anilines is 2. The molecule has 2 aromatic carbocycles. The first-order valence-electron chi connectivity index (χ1n) is 9.09. The molecule has 1 aliphatic heterocycles. The molecule has 0 radical (unpaired) electrons. The van der Waals surface area contributed by atoms with Gasteiger partial charge in [-0.2, -0.15) is 0 Å². The summed E-state index contributed by atoms with van der Waals surface area (Å²) < 4.78 is 5.75. The van der Waals surface area contributed by atoms with Crippen LogP contribution in [0, 0.1) is 0 Å². The number of nitrogens with one attached hydrogen (secondary N) is 1. The minimum Gasteiger partial charge on any atom is -0.491 e. The van der Waals surface area contributed by atoms with Crippen LogP contribution in [0.4, 0.5) is 11.4 Å². The van der Waals surface area contributed by atoms with E-state index in [2.05, 4.69) is 23.2 Å². The molecule has 0 bridgehead atoms. The SMILES string of the molecule is CCC(C)Oc1ccc(C(=O)Nc2cccc(N3CCCC3)c2)cc1. The molecule has 0 saturated carbocycles. The molecule has 132 valence electrons. The zero-order valence-electron chi connectivity index (χ0n) is 15.0. The second-order valence-electron chi connectivity index (χ2n) is 6.56. The smallest absolute Gasteiger partial charge is 0.255 e. The van der Waals surface area contributed by atoms with Crippen LogP contribution in [0.2, 0.25) is 0 Å². The number of carbonyl (C=O) groups excluding carboxylic acids is 1. The van der Waals surface area contributed by atoms with Crippen LogP contribution in [0.3, 0.4) is 0 Å². The molecule has 1 saturated heterocycles. The van der Waals surface area contributed by atoms with Gasteiger partial charge in [0, 0.05) is 30.0 Å². The molecule has 1 unspecified atom stereocenters. The molecule has 1 aliphatic rings. The van der Waals surface area contributed by atoms with E-state index in [0.29, 0.717) is 5.56 Å². The number of hydrogen-bond donors (Lipinski definition) is 1. The second kappa shape index (κ2) is 8.06. The molecule has 4 nitrogen and oxygen atoms in total. The lowest BCUT2D eigenvalue weighted by molar-refractivity contribution is 0.102. The first kappa shape index (κ1) is 17.3. The molecule has 1 atom stereocenters. The van der Waals surface area contributed by atoms with Crippen LogP contribution < -0.4 is 15.0 Å². The highest BCUT2D eigenvalue weighted by molar-refractivity contribution is 6.04. The molecule has 0 aliphatic carbocycles. The van der Waals surface area contributed by atoms with Gasteiger partial charge in [-0.05, 0) is 68.7 Å². The predicted octanol–water partition coefficient (Wildman–Crippen LogP) is 4.72. The molecule has 2 aromatic rings. The Morgan fingerprint density at radius 2 is 1.88 bits per heavy atom. The zero-order valence-corrected chi connectivity index (χ0v) is 15.0. The summed E-state index contributed by atoms with van der Waals surface area (Å²) in [5.74, 6) is 0.690. The van der Waals surface area contributed by atoms with Gasteiger partial charge in [-0.25, -0.2) is 0 Å². The zero-order chi connectivity index (χ0) is 17.6. The summed E-state index contributed by atoms with van der Waals surface area (Å²) in [7, 11) is 0. The Morgan fingerprint density at radius 3 is 2.56 bits per heavy atom. The maximum Gasteiger partial charge on any atom is 0.255 e. The van der Waals surface area contributed by atoms with Crippen LogP contribution >= 0.6 is 0 Å². The van der Waals surface area contributed by atoms with E-state index in [1.165, 1.54) is 18.5 Å². The Morgan fingerprint density at radius 1 is 1.16 bits per heavy atom. The van der Waals surface area contributed by atoms with Crippen molar-refractivity contribution in [2.24, 2.45) is 0 Å². The Hall–Kier alpha value is -2.49. The Kier molecular flexibility index (Phi) is 5.59. The number of amides is 1. The van der Waals surface area contributed by atoms with E-state index < -0.39 is 0 Å². The number of nitrogens with zero attached hydrogens (tertiary/aromatic N) is 1. The molecule has 1 N–H and O–H groups in total. The van der Waals surface area contributed by atoms with E-state index in [-0.39, 0.29) is 12.0 Å². The topological polar surface area (TPSA) is 41.6 Å². The fourth-order valence-electron chi connectivity index (χ4n) is 2.96. The van der Waals surface area contributed by atoms with Crippen molar-refractivity contribution >= 4 is 17.3 Å². The van der Waals surface area contributed by atoms with Crippen molar-refractivity contribution < 1.29 is 9.53 Å². The van der Waals surface area contributed by atoms with Gasteiger partial charge in [-0.3, -0.25) is 4.79 Å². The highest BCUT2D eigenvalue weighted by Crippen LogP contribution is 2.24. The second-order valence-corrected chi connectivity index (χ2v) is 6.56. The largest absolute Gasteiger partial charge is 0.491 e. The minimum absolute atomic E-state index is 0.103. The van der Waals surface area contributed by atoms with Gasteiger partial charge in [-0.1, -0.05) is 13.0 Å². The summed E-state index contributed by atoms with van der Waals surface area (Å²) in [6.45, 7) is 6.31. The number of ether oxygens (including phenoxy) is 1. The van der Waals surface area contributed by atoms with Gasteiger partial charge in [0.05, 0.1) is 6.10 Å². The minimum atomic E-state index is -0.103. The van der Waals surface area contributed by atoms with Gasteiger partial charge in [0.2, 0.25) is 0 Å². The van der Waals surface area contributed by atoms with Crippen molar-refractivity contribution in [3.05, 3.63) is 54.1 Å². The third-order valence-electron chi connectivity index (χ3n) is 4.60. The van der Waals surface area contributed by atoms with E-state index in [0.717, 1.165) is 30.9 Å². The number of hydrogen-bond acceptors (Lipinski definition) is 3. The first-order chi connectivity index (χ1) is 12.2. The number of benzene rings is 2. The third kappa shape index (κ3) is 4.53. The highest BCUT2D eigenvalue weighted by atomic mass is 16.5. The summed E-state index contributed by atoms with van der Waals surface area (Å²) >= 11 is 0. The molecule has 1 amide bonds. The van der Waals surface area contributed by atoms with Crippen LogP contribution in [-0.4, -0.2) is 25.1 Å². The first-order valence-corrected chi connectivity index (χ1v) is 9.09. The summed E-state index contributed by atoms with van der Waals surface area (Å²) in [6, 6.07) is 15.4. The molecule has 0 aromatic heterocycles. The lowest BCUT2D eigenvalue weighted by atomic mass is 10.2. The van der Waals surface area contributed by atoms with Crippen LogP contribution in [0.25, 0.3) is 0 Å². The van der Waals surface area contributed by atoms with E-state index in [9.17, 15) is 4.79 Å². The Labute approximate surface area is 149 Å². The molecule has 1 heterocycles. The maximum atomic E-state index is 12.5. The quantitative estimate of drug-likeness (QED) is 0.829. The van der Waals surface area contributed by atoms with Gasteiger partial charge in [-0.15, -0.1) is 0 Å². The summed E-state index contributed by atoms with van der Waals surface area (Å²) in [4.78, 5) is 14.8. The van der Waals surface area contributed by atoms with Gasteiger partial charge < -0.3 is 15.0 Å². The van der Waals surface area contributed by atoms with Crippen molar-refractivity contribution in [2.75, 3.05) is 23.3 Å². The van der Waals surface area contributed by atoms with Crippen molar-refractivity contribution in [1.82, 2.24) is 0 Å². The molecule has 3 rings (SSSR count). The lowest BCUT2D eigenvalue weighted by Crippen LogP contribution is -2.18. The summed E-state index contributed by atoms with van der Waals surface area (Å²) in [5.41, 5.74) is 2.63. The average Bonchev–Trinajstić information content (AvgIpc) is 3.17. The molecular weight excluding hydrogens is 312 g/mol. The van der Waals surface area contributed by atoms with E-state index in [1.54, 1.807) is 12.1 Å². The van der Waals surface area contributed by atoms with Gasteiger partial charge in [0.15, 0.2) is 0 Å².